The monoisotopic (exact) mass is 229 g/mol. The third kappa shape index (κ3) is 2.29. The van der Waals surface area contributed by atoms with Crippen molar-refractivity contribution in [1.29, 1.82) is 0 Å². The average molecular weight is 229 g/mol. The molecule has 3 nitrogen and oxygen atoms in total. The number of benzene rings is 2. The van der Waals surface area contributed by atoms with E-state index in [0.717, 1.165) is 22.9 Å². The zero-order valence-corrected chi connectivity index (χ0v) is 9.71. The van der Waals surface area contributed by atoms with E-state index in [1.165, 1.54) is 4.90 Å². The smallest absolute Gasteiger partial charge is 0.214 e. The van der Waals surface area contributed by atoms with Gasteiger partial charge in [-0.1, -0.05) is 30.3 Å². The SMILES string of the molecule is CC(CO)N(C=O)c1ccc2ccccc2c1. The van der Waals surface area contributed by atoms with Crippen LogP contribution in [0.2, 0.25) is 0 Å². The van der Waals surface area contributed by atoms with Gasteiger partial charge in [0.15, 0.2) is 0 Å². The van der Waals surface area contributed by atoms with E-state index < -0.39 is 0 Å². The van der Waals surface area contributed by atoms with E-state index >= 15 is 0 Å². The number of rotatable bonds is 4. The topological polar surface area (TPSA) is 40.5 Å². The molecule has 0 radical (unpaired) electrons. The van der Waals surface area contributed by atoms with Crippen LogP contribution in [-0.4, -0.2) is 24.2 Å². The highest BCUT2D eigenvalue weighted by atomic mass is 16.3. The second-order valence-corrected chi connectivity index (χ2v) is 4.08. The van der Waals surface area contributed by atoms with Gasteiger partial charge in [0.05, 0.1) is 12.6 Å². The molecule has 3 heteroatoms. The summed E-state index contributed by atoms with van der Waals surface area (Å²) in [7, 11) is 0. The van der Waals surface area contributed by atoms with Crippen LogP contribution < -0.4 is 4.90 Å². The van der Waals surface area contributed by atoms with Crippen LogP contribution in [0.5, 0.6) is 0 Å². The average Bonchev–Trinajstić information content (AvgIpc) is 2.39. The molecule has 0 saturated heterocycles. The molecule has 0 aliphatic carbocycles. The molecule has 2 aromatic rings. The molecule has 17 heavy (non-hydrogen) atoms. The summed E-state index contributed by atoms with van der Waals surface area (Å²) in [6, 6.07) is 13.6. The number of amides is 1. The Hall–Kier alpha value is -1.87. The molecule has 2 aromatic carbocycles. The Bertz CT molecular complexity index is 524. The number of aliphatic hydroxyl groups is 1. The minimum atomic E-state index is -0.214. The van der Waals surface area contributed by atoms with Crippen LogP contribution in [-0.2, 0) is 4.79 Å². The number of carbonyl (C=O) groups is 1. The van der Waals surface area contributed by atoms with Gasteiger partial charge in [-0.25, -0.2) is 0 Å². The summed E-state index contributed by atoms with van der Waals surface area (Å²) in [6.45, 7) is 1.76. The fraction of sp³-hybridized carbons (Fsp3) is 0.214. The fourth-order valence-electron chi connectivity index (χ4n) is 1.84. The molecule has 1 unspecified atom stereocenters. The van der Waals surface area contributed by atoms with Crippen LogP contribution in [0, 0.1) is 0 Å². The largest absolute Gasteiger partial charge is 0.394 e. The molecule has 0 fully saturated rings. The van der Waals surface area contributed by atoms with Crippen molar-refractivity contribution in [3.8, 4) is 0 Å². The van der Waals surface area contributed by atoms with E-state index in [0.29, 0.717) is 0 Å². The van der Waals surface area contributed by atoms with Crippen molar-refractivity contribution in [1.82, 2.24) is 0 Å². The summed E-state index contributed by atoms with van der Waals surface area (Å²) >= 11 is 0. The number of fused-ring (bicyclic) bond motifs is 1. The Labute approximate surface area is 100 Å². The van der Waals surface area contributed by atoms with Crippen molar-refractivity contribution in [3.63, 3.8) is 0 Å². The fourth-order valence-corrected chi connectivity index (χ4v) is 1.84. The summed E-state index contributed by atoms with van der Waals surface area (Å²) in [6.07, 6.45) is 0.755. The minimum absolute atomic E-state index is 0.0500. The summed E-state index contributed by atoms with van der Waals surface area (Å²) in [5, 5.41) is 11.3. The molecule has 88 valence electrons. The predicted octanol–water partition coefficient (Wildman–Crippen LogP) is 2.18. The number of carbonyl (C=O) groups excluding carboxylic acids is 1. The van der Waals surface area contributed by atoms with Gasteiger partial charge < -0.3 is 10.0 Å². The second-order valence-electron chi connectivity index (χ2n) is 4.08. The first-order chi connectivity index (χ1) is 8.26. The van der Waals surface area contributed by atoms with E-state index in [2.05, 4.69) is 0 Å². The molecular formula is C14H15NO2. The highest BCUT2D eigenvalue weighted by Gasteiger charge is 2.12. The molecule has 2 rings (SSSR count). The van der Waals surface area contributed by atoms with E-state index in [9.17, 15) is 4.79 Å². The first-order valence-electron chi connectivity index (χ1n) is 5.59. The third-order valence-electron chi connectivity index (χ3n) is 2.88. The van der Waals surface area contributed by atoms with Gasteiger partial charge in [-0.3, -0.25) is 4.79 Å². The highest BCUT2D eigenvalue weighted by Crippen LogP contribution is 2.22. The van der Waals surface area contributed by atoms with Crippen molar-refractivity contribution >= 4 is 22.9 Å². The third-order valence-corrected chi connectivity index (χ3v) is 2.88. The normalized spacial score (nSPS) is 12.4. The first kappa shape index (κ1) is 11.6. The Kier molecular flexibility index (Phi) is 3.40. The number of anilines is 1. The molecule has 0 heterocycles. The Morgan fingerprint density at radius 3 is 2.59 bits per heavy atom. The van der Waals surface area contributed by atoms with E-state index in [1.807, 2.05) is 49.4 Å². The van der Waals surface area contributed by atoms with Gasteiger partial charge in [0.1, 0.15) is 0 Å². The lowest BCUT2D eigenvalue weighted by molar-refractivity contribution is -0.108. The minimum Gasteiger partial charge on any atom is -0.394 e. The van der Waals surface area contributed by atoms with Gasteiger partial charge >= 0.3 is 0 Å². The molecule has 0 aliphatic heterocycles. The summed E-state index contributed by atoms with van der Waals surface area (Å²) < 4.78 is 0. The van der Waals surface area contributed by atoms with Crippen molar-refractivity contribution in [3.05, 3.63) is 42.5 Å². The number of hydrogen-bond acceptors (Lipinski definition) is 2. The van der Waals surface area contributed by atoms with Crippen molar-refractivity contribution < 1.29 is 9.90 Å². The zero-order chi connectivity index (χ0) is 12.3. The van der Waals surface area contributed by atoms with E-state index in [-0.39, 0.29) is 12.6 Å². The van der Waals surface area contributed by atoms with Crippen LogP contribution in [0.15, 0.2) is 42.5 Å². The summed E-state index contributed by atoms with van der Waals surface area (Å²) in [5.74, 6) is 0. The van der Waals surface area contributed by atoms with Crippen LogP contribution in [0.4, 0.5) is 5.69 Å². The maximum absolute atomic E-state index is 11.1. The van der Waals surface area contributed by atoms with Crippen LogP contribution in [0.1, 0.15) is 6.92 Å². The highest BCUT2D eigenvalue weighted by molar-refractivity contribution is 5.88. The van der Waals surface area contributed by atoms with Crippen LogP contribution in [0.25, 0.3) is 10.8 Å². The Balaban J connectivity index is 2.44. The van der Waals surface area contributed by atoms with Crippen molar-refractivity contribution in [2.75, 3.05) is 11.5 Å². The van der Waals surface area contributed by atoms with Crippen molar-refractivity contribution in [2.24, 2.45) is 0 Å². The second kappa shape index (κ2) is 4.97. The molecule has 0 spiro atoms. The molecule has 1 amide bonds. The van der Waals surface area contributed by atoms with E-state index in [1.54, 1.807) is 0 Å². The number of hydrogen-bond donors (Lipinski definition) is 1. The van der Waals surface area contributed by atoms with Gasteiger partial charge in [-0.15, -0.1) is 0 Å². The quantitative estimate of drug-likeness (QED) is 0.816. The van der Waals surface area contributed by atoms with Gasteiger partial charge in [0.25, 0.3) is 0 Å². The van der Waals surface area contributed by atoms with Gasteiger partial charge in [-0.05, 0) is 29.8 Å². The molecule has 1 atom stereocenters. The number of nitrogens with zero attached hydrogens (tertiary/aromatic N) is 1. The van der Waals surface area contributed by atoms with Crippen molar-refractivity contribution in [2.45, 2.75) is 13.0 Å². The maximum Gasteiger partial charge on any atom is 0.214 e. The standard InChI is InChI=1S/C14H15NO2/c1-11(9-16)15(10-17)14-7-6-12-4-2-3-5-13(12)8-14/h2-8,10-11,16H,9H2,1H3. The predicted molar refractivity (Wildman–Crippen MR) is 69.0 cm³/mol. The Morgan fingerprint density at radius 1 is 1.24 bits per heavy atom. The Morgan fingerprint density at radius 2 is 1.94 bits per heavy atom. The lowest BCUT2D eigenvalue weighted by atomic mass is 10.1. The molecular weight excluding hydrogens is 214 g/mol. The first-order valence-corrected chi connectivity index (χ1v) is 5.59. The van der Waals surface area contributed by atoms with Gasteiger partial charge in [0.2, 0.25) is 6.41 Å². The summed E-state index contributed by atoms with van der Waals surface area (Å²) in [4.78, 5) is 12.6. The van der Waals surface area contributed by atoms with E-state index in [4.69, 9.17) is 5.11 Å². The maximum atomic E-state index is 11.1. The van der Waals surface area contributed by atoms with Gasteiger partial charge in [-0.2, -0.15) is 0 Å². The molecule has 1 N–H and O–H groups in total. The lowest BCUT2D eigenvalue weighted by Gasteiger charge is -2.23. The summed E-state index contributed by atoms with van der Waals surface area (Å²) in [5.41, 5.74) is 0.806. The lowest BCUT2D eigenvalue weighted by Crippen LogP contribution is -2.34. The van der Waals surface area contributed by atoms with Crippen LogP contribution >= 0.6 is 0 Å². The zero-order valence-electron chi connectivity index (χ0n) is 9.71. The van der Waals surface area contributed by atoms with Crippen LogP contribution in [0.3, 0.4) is 0 Å². The number of aliphatic hydroxyl groups excluding tert-OH is 1. The van der Waals surface area contributed by atoms with Gasteiger partial charge in [0, 0.05) is 5.69 Å². The molecule has 0 aromatic heterocycles. The molecule has 0 aliphatic rings. The molecule has 0 bridgehead atoms. The molecule has 0 saturated carbocycles.